The van der Waals surface area contributed by atoms with Crippen LogP contribution in [0.2, 0.25) is 0 Å². The van der Waals surface area contributed by atoms with Gasteiger partial charge in [0, 0.05) is 57.4 Å². The van der Waals surface area contributed by atoms with E-state index in [1.165, 1.54) is 0 Å². The Kier molecular flexibility index (Phi) is 5.37. The number of hydrogen-bond donors (Lipinski definition) is 1. The second kappa shape index (κ2) is 7.87. The fourth-order valence-corrected chi connectivity index (χ4v) is 3.03. The van der Waals surface area contributed by atoms with Crippen LogP contribution in [-0.2, 0) is 16.1 Å². The van der Waals surface area contributed by atoms with Gasteiger partial charge < -0.3 is 15.0 Å². The summed E-state index contributed by atoms with van der Waals surface area (Å²) in [7, 11) is 1.66. The molecule has 0 aromatic carbocycles. The van der Waals surface area contributed by atoms with Crippen molar-refractivity contribution in [1.29, 1.82) is 0 Å². The Labute approximate surface area is 140 Å². The summed E-state index contributed by atoms with van der Waals surface area (Å²) in [6, 6.07) is 3.65. The van der Waals surface area contributed by atoms with Gasteiger partial charge in [0.05, 0.1) is 19.1 Å². The zero-order valence-electron chi connectivity index (χ0n) is 13.7. The Bertz CT molecular complexity index is 633. The Hall–Kier alpha value is -2.48. The summed E-state index contributed by atoms with van der Waals surface area (Å²) in [5.41, 5.74) is 0. The fourth-order valence-electron chi connectivity index (χ4n) is 3.03. The summed E-state index contributed by atoms with van der Waals surface area (Å²) in [5.74, 6) is 0.697. The standard InChI is InChI=1S/C16H22N6O2/c1-24-12-13-10-21(16-18-4-2-5-19-16)11-14(13)15(23)17-7-9-22-8-3-6-20-22/h2-6,8,13-14H,7,9-12H2,1H3,(H,17,23)/t13-,14+/m0/s1. The van der Waals surface area contributed by atoms with Crippen LogP contribution in [0.25, 0.3) is 0 Å². The van der Waals surface area contributed by atoms with Crippen molar-refractivity contribution < 1.29 is 9.53 Å². The van der Waals surface area contributed by atoms with Gasteiger partial charge in [-0.05, 0) is 12.1 Å². The number of carbonyl (C=O) groups excluding carboxylic acids is 1. The number of hydrogen-bond acceptors (Lipinski definition) is 6. The molecule has 3 heterocycles. The molecule has 0 unspecified atom stereocenters. The van der Waals surface area contributed by atoms with Crippen molar-refractivity contribution in [3.63, 3.8) is 0 Å². The van der Waals surface area contributed by atoms with Gasteiger partial charge in [-0.25, -0.2) is 9.97 Å². The van der Waals surface area contributed by atoms with Gasteiger partial charge in [0.25, 0.3) is 0 Å². The molecule has 1 aliphatic rings. The van der Waals surface area contributed by atoms with Gasteiger partial charge >= 0.3 is 0 Å². The minimum Gasteiger partial charge on any atom is -0.384 e. The first kappa shape index (κ1) is 16.4. The highest BCUT2D eigenvalue weighted by molar-refractivity contribution is 5.80. The molecule has 1 aliphatic heterocycles. The summed E-state index contributed by atoms with van der Waals surface area (Å²) in [6.45, 7) is 3.08. The molecule has 1 amide bonds. The molecule has 24 heavy (non-hydrogen) atoms. The number of methoxy groups -OCH3 is 1. The predicted molar refractivity (Wildman–Crippen MR) is 88.3 cm³/mol. The highest BCUT2D eigenvalue weighted by Crippen LogP contribution is 2.26. The van der Waals surface area contributed by atoms with Gasteiger partial charge in [0.1, 0.15) is 0 Å². The number of amides is 1. The molecule has 0 aliphatic carbocycles. The molecule has 1 N–H and O–H groups in total. The van der Waals surface area contributed by atoms with Crippen LogP contribution in [0.4, 0.5) is 5.95 Å². The molecule has 0 radical (unpaired) electrons. The van der Waals surface area contributed by atoms with Crippen LogP contribution in [0.15, 0.2) is 36.9 Å². The smallest absolute Gasteiger partial charge is 0.225 e. The SMILES string of the molecule is COC[C@@H]1CN(c2ncccn2)C[C@H]1C(=O)NCCn1cccn1. The van der Waals surface area contributed by atoms with Crippen LogP contribution in [-0.4, -0.2) is 59.0 Å². The number of ether oxygens (including phenoxy) is 1. The average Bonchev–Trinajstić information content (AvgIpc) is 3.26. The fraction of sp³-hybridized carbons (Fsp3) is 0.500. The van der Waals surface area contributed by atoms with Crippen molar-refractivity contribution in [3.8, 4) is 0 Å². The highest BCUT2D eigenvalue weighted by atomic mass is 16.5. The maximum atomic E-state index is 12.6. The molecule has 1 fully saturated rings. The summed E-state index contributed by atoms with van der Waals surface area (Å²) >= 11 is 0. The third-order valence-electron chi connectivity index (χ3n) is 4.19. The molecular weight excluding hydrogens is 308 g/mol. The van der Waals surface area contributed by atoms with E-state index in [-0.39, 0.29) is 17.7 Å². The van der Waals surface area contributed by atoms with Gasteiger partial charge in [0.15, 0.2) is 0 Å². The Balaban J connectivity index is 1.58. The van der Waals surface area contributed by atoms with Crippen LogP contribution in [0, 0.1) is 11.8 Å². The average molecular weight is 330 g/mol. The van der Waals surface area contributed by atoms with Gasteiger partial charge in [-0.15, -0.1) is 0 Å². The molecule has 3 rings (SSSR count). The third kappa shape index (κ3) is 3.88. The number of rotatable bonds is 7. The van der Waals surface area contributed by atoms with Gasteiger partial charge in [0.2, 0.25) is 11.9 Å². The van der Waals surface area contributed by atoms with E-state index < -0.39 is 0 Å². The van der Waals surface area contributed by atoms with E-state index in [0.29, 0.717) is 32.2 Å². The molecule has 0 saturated carbocycles. The van der Waals surface area contributed by atoms with Gasteiger partial charge in [-0.2, -0.15) is 5.10 Å². The highest BCUT2D eigenvalue weighted by Gasteiger charge is 2.38. The lowest BCUT2D eigenvalue weighted by molar-refractivity contribution is -0.126. The van der Waals surface area contributed by atoms with E-state index in [4.69, 9.17) is 4.74 Å². The molecule has 8 heteroatoms. The second-order valence-corrected chi connectivity index (χ2v) is 5.84. The third-order valence-corrected chi connectivity index (χ3v) is 4.19. The van der Waals surface area contributed by atoms with E-state index in [1.807, 2.05) is 17.2 Å². The lowest BCUT2D eigenvalue weighted by Crippen LogP contribution is -2.38. The number of nitrogens with zero attached hydrogens (tertiary/aromatic N) is 5. The van der Waals surface area contributed by atoms with Crippen molar-refractivity contribution >= 4 is 11.9 Å². The van der Waals surface area contributed by atoms with Crippen molar-refractivity contribution in [1.82, 2.24) is 25.1 Å². The number of carbonyl (C=O) groups is 1. The van der Waals surface area contributed by atoms with Gasteiger partial charge in [-0.1, -0.05) is 0 Å². The largest absolute Gasteiger partial charge is 0.384 e. The minimum atomic E-state index is -0.133. The molecule has 2 aromatic heterocycles. The van der Waals surface area contributed by atoms with E-state index in [0.717, 1.165) is 6.54 Å². The van der Waals surface area contributed by atoms with Crippen molar-refractivity contribution in [3.05, 3.63) is 36.9 Å². The normalized spacial score (nSPS) is 20.3. The van der Waals surface area contributed by atoms with Crippen LogP contribution in [0.1, 0.15) is 0 Å². The van der Waals surface area contributed by atoms with E-state index in [1.54, 1.807) is 36.4 Å². The summed E-state index contributed by atoms with van der Waals surface area (Å²) in [5, 5.41) is 7.13. The van der Waals surface area contributed by atoms with Crippen LogP contribution < -0.4 is 10.2 Å². The lowest BCUT2D eigenvalue weighted by atomic mass is 9.96. The van der Waals surface area contributed by atoms with Crippen LogP contribution in [0.5, 0.6) is 0 Å². The first-order valence-corrected chi connectivity index (χ1v) is 8.04. The maximum Gasteiger partial charge on any atom is 0.225 e. The van der Waals surface area contributed by atoms with Crippen molar-refractivity contribution in [2.75, 3.05) is 38.3 Å². The second-order valence-electron chi connectivity index (χ2n) is 5.84. The van der Waals surface area contributed by atoms with Crippen LogP contribution in [0.3, 0.4) is 0 Å². The minimum absolute atomic E-state index is 0.0441. The van der Waals surface area contributed by atoms with E-state index >= 15 is 0 Å². The quantitative estimate of drug-likeness (QED) is 0.780. The molecule has 128 valence electrons. The number of anilines is 1. The zero-order valence-corrected chi connectivity index (χ0v) is 13.7. The summed E-state index contributed by atoms with van der Waals surface area (Å²) in [6.07, 6.45) is 7.03. The monoisotopic (exact) mass is 330 g/mol. The van der Waals surface area contributed by atoms with Crippen molar-refractivity contribution in [2.45, 2.75) is 6.54 Å². The molecular formula is C16H22N6O2. The molecule has 8 nitrogen and oxygen atoms in total. The summed E-state index contributed by atoms with van der Waals surface area (Å²) in [4.78, 5) is 23.2. The molecule has 0 bridgehead atoms. The summed E-state index contributed by atoms with van der Waals surface area (Å²) < 4.78 is 7.09. The molecule has 1 saturated heterocycles. The Morgan fingerprint density at radius 3 is 2.83 bits per heavy atom. The first-order valence-electron chi connectivity index (χ1n) is 8.04. The predicted octanol–water partition coefficient (Wildman–Crippen LogP) is 0.188. The van der Waals surface area contributed by atoms with Crippen LogP contribution >= 0.6 is 0 Å². The van der Waals surface area contributed by atoms with Gasteiger partial charge in [-0.3, -0.25) is 9.48 Å². The Morgan fingerprint density at radius 2 is 2.12 bits per heavy atom. The molecule has 2 aromatic rings. The molecule has 0 spiro atoms. The lowest BCUT2D eigenvalue weighted by Gasteiger charge is -2.16. The van der Waals surface area contributed by atoms with Crippen molar-refractivity contribution in [2.24, 2.45) is 11.8 Å². The van der Waals surface area contributed by atoms with E-state index in [2.05, 4.69) is 20.4 Å². The number of aromatic nitrogens is 4. The molecule has 2 atom stereocenters. The Morgan fingerprint density at radius 1 is 1.29 bits per heavy atom. The van der Waals surface area contributed by atoms with E-state index in [9.17, 15) is 4.79 Å². The maximum absolute atomic E-state index is 12.6. The number of nitrogens with one attached hydrogen (secondary N) is 1. The zero-order chi connectivity index (χ0) is 16.8. The topological polar surface area (TPSA) is 85.2 Å². The first-order chi connectivity index (χ1) is 11.8.